The van der Waals surface area contributed by atoms with Gasteiger partial charge in [-0.1, -0.05) is 0 Å². The molecule has 8 nitrogen and oxygen atoms in total. The van der Waals surface area contributed by atoms with Crippen LogP contribution in [0.2, 0.25) is 0 Å². The van der Waals surface area contributed by atoms with Crippen LogP contribution < -0.4 is 4.74 Å². The summed E-state index contributed by atoms with van der Waals surface area (Å²) in [5, 5.41) is 10.6. The number of amides is 1. The standard InChI is InChI=1S/C19H22N6O2/c1-12-13(2)20-11-21-18(12)27-10-14-5-7-25(8-6-14)19(26)15-3-4-16-17(9-15)23-24-22-16/h3-4,9,11,14H,5-8,10H2,1-2H3,(H,22,23,24). The SMILES string of the molecule is Cc1ncnc(OCC2CCN(C(=O)c3ccc4n[nH]nc4c3)CC2)c1C. The van der Waals surface area contributed by atoms with Crippen LogP contribution in [-0.2, 0) is 0 Å². The zero-order chi connectivity index (χ0) is 18.8. The fourth-order valence-electron chi connectivity index (χ4n) is 3.32. The molecular weight excluding hydrogens is 344 g/mol. The van der Waals surface area contributed by atoms with Gasteiger partial charge < -0.3 is 9.64 Å². The molecule has 0 spiro atoms. The molecule has 0 aliphatic carbocycles. The minimum Gasteiger partial charge on any atom is -0.477 e. The zero-order valence-corrected chi connectivity index (χ0v) is 15.5. The van der Waals surface area contributed by atoms with Gasteiger partial charge in [0.15, 0.2) is 0 Å². The number of aromatic nitrogens is 5. The van der Waals surface area contributed by atoms with E-state index in [1.54, 1.807) is 6.07 Å². The lowest BCUT2D eigenvalue weighted by Gasteiger charge is -2.32. The molecule has 27 heavy (non-hydrogen) atoms. The molecule has 1 N–H and O–H groups in total. The van der Waals surface area contributed by atoms with Crippen LogP contribution in [0.4, 0.5) is 0 Å². The van der Waals surface area contributed by atoms with Crippen molar-refractivity contribution in [3.8, 4) is 5.88 Å². The summed E-state index contributed by atoms with van der Waals surface area (Å²) in [4.78, 5) is 23.0. The summed E-state index contributed by atoms with van der Waals surface area (Å²) in [6.45, 7) is 5.99. The Labute approximate surface area is 157 Å². The third kappa shape index (κ3) is 3.60. The second-order valence-corrected chi connectivity index (χ2v) is 6.96. The Kier molecular flexibility index (Phi) is 4.70. The summed E-state index contributed by atoms with van der Waals surface area (Å²) in [5.41, 5.74) is 4.04. The maximum absolute atomic E-state index is 12.8. The molecule has 4 rings (SSSR count). The Morgan fingerprint density at radius 2 is 1.96 bits per heavy atom. The molecule has 1 fully saturated rings. The monoisotopic (exact) mass is 366 g/mol. The first-order valence-electron chi connectivity index (χ1n) is 9.12. The van der Waals surface area contributed by atoms with Gasteiger partial charge in [-0.2, -0.15) is 15.4 Å². The van der Waals surface area contributed by atoms with Gasteiger partial charge in [-0.05, 0) is 50.8 Å². The smallest absolute Gasteiger partial charge is 0.253 e. The molecule has 0 atom stereocenters. The second kappa shape index (κ2) is 7.30. The number of rotatable bonds is 4. The summed E-state index contributed by atoms with van der Waals surface area (Å²) >= 11 is 0. The van der Waals surface area contributed by atoms with Gasteiger partial charge in [0.2, 0.25) is 5.88 Å². The lowest BCUT2D eigenvalue weighted by Crippen LogP contribution is -2.39. The molecule has 1 saturated heterocycles. The molecule has 3 heterocycles. The van der Waals surface area contributed by atoms with Gasteiger partial charge in [-0.15, -0.1) is 0 Å². The van der Waals surface area contributed by atoms with Crippen molar-refractivity contribution < 1.29 is 9.53 Å². The molecule has 1 amide bonds. The van der Waals surface area contributed by atoms with E-state index in [4.69, 9.17) is 4.74 Å². The number of nitrogens with zero attached hydrogens (tertiary/aromatic N) is 5. The first-order valence-corrected chi connectivity index (χ1v) is 9.12. The molecule has 0 unspecified atom stereocenters. The van der Waals surface area contributed by atoms with Crippen LogP contribution in [-0.4, -0.2) is 55.9 Å². The van der Waals surface area contributed by atoms with E-state index < -0.39 is 0 Å². The Morgan fingerprint density at radius 1 is 1.19 bits per heavy atom. The van der Waals surface area contributed by atoms with Crippen LogP contribution in [0.15, 0.2) is 24.5 Å². The van der Waals surface area contributed by atoms with Crippen molar-refractivity contribution in [1.29, 1.82) is 0 Å². The average molecular weight is 366 g/mol. The predicted octanol–water partition coefficient (Wildman–Crippen LogP) is 2.30. The van der Waals surface area contributed by atoms with Gasteiger partial charge in [0.25, 0.3) is 5.91 Å². The molecule has 1 aliphatic rings. The van der Waals surface area contributed by atoms with Crippen molar-refractivity contribution in [2.24, 2.45) is 5.92 Å². The molecule has 0 saturated carbocycles. The number of fused-ring (bicyclic) bond motifs is 1. The lowest BCUT2D eigenvalue weighted by atomic mass is 9.97. The number of ether oxygens (including phenoxy) is 1. The molecule has 140 valence electrons. The van der Waals surface area contributed by atoms with Crippen LogP contribution in [0.1, 0.15) is 34.5 Å². The van der Waals surface area contributed by atoms with Crippen LogP contribution in [0.25, 0.3) is 11.0 Å². The third-order valence-corrected chi connectivity index (χ3v) is 5.21. The number of piperidine rings is 1. The Bertz CT molecular complexity index is 962. The Hall–Kier alpha value is -3.03. The Morgan fingerprint density at radius 3 is 2.78 bits per heavy atom. The molecule has 8 heteroatoms. The van der Waals surface area contributed by atoms with E-state index in [-0.39, 0.29) is 5.91 Å². The van der Waals surface area contributed by atoms with E-state index in [2.05, 4.69) is 25.4 Å². The minimum absolute atomic E-state index is 0.0431. The molecule has 2 aromatic heterocycles. The van der Waals surface area contributed by atoms with Crippen LogP contribution in [0, 0.1) is 19.8 Å². The number of likely N-dealkylation sites (tertiary alicyclic amines) is 1. The lowest BCUT2D eigenvalue weighted by molar-refractivity contribution is 0.0659. The van der Waals surface area contributed by atoms with Crippen molar-refractivity contribution in [1.82, 2.24) is 30.3 Å². The first kappa shape index (κ1) is 17.4. The van der Waals surface area contributed by atoms with E-state index in [1.165, 1.54) is 6.33 Å². The summed E-state index contributed by atoms with van der Waals surface area (Å²) in [5.74, 6) is 1.12. The van der Waals surface area contributed by atoms with Gasteiger partial charge in [0.1, 0.15) is 17.4 Å². The van der Waals surface area contributed by atoms with Crippen molar-refractivity contribution in [3.63, 3.8) is 0 Å². The number of carbonyl (C=O) groups is 1. The van der Waals surface area contributed by atoms with Crippen LogP contribution >= 0.6 is 0 Å². The number of aryl methyl sites for hydroxylation is 1. The van der Waals surface area contributed by atoms with E-state index >= 15 is 0 Å². The van der Waals surface area contributed by atoms with E-state index in [0.29, 0.717) is 29.5 Å². The molecule has 0 radical (unpaired) electrons. The zero-order valence-electron chi connectivity index (χ0n) is 15.5. The predicted molar refractivity (Wildman–Crippen MR) is 99.5 cm³/mol. The fourth-order valence-corrected chi connectivity index (χ4v) is 3.32. The van der Waals surface area contributed by atoms with Crippen molar-refractivity contribution in [3.05, 3.63) is 41.3 Å². The number of nitrogens with one attached hydrogen (secondary N) is 1. The summed E-state index contributed by atoms with van der Waals surface area (Å²) < 4.78 is 5.90. The van der Waals surface area contributed by atoms with Crippen molar-refractivity contribution in [2.75, 3.05) is 19.7 Å². The molecule has 0 bridgehead atoms. The number of carbonyl (C=O) groups excluding carboxylic acids is 1. The maximum Gasteiger partial charge on any atom is 0.253 e. The van der Waals surface area contributed by atoms with Gasteiger partial charge in [0.05, 0.1) is 6.61 Å². The summed E-state index contributed by atoms with van der Waals surface area (Å²) in [7, 11) is 0. The van der Waals surface area contributed by atoms with E-state index in [1.807, 2.05) is 30.9 Å². The largest absolute Gasteiger partial charge is 0.477 e. The normalized spacial score (nSPS) is 15.3. The quantitative estimate of drug-likeness (QED) is 0.761. The highest BCUT2D eigenvalue weighted by molar-refractivity contribution is 5.97. The van der Waals surface area contributed by atoms with Gasteiger partial charge in [0, 0.05) is 29.9 Å². The summed E-state index contributed by atoms with van der Waals surface area (Å²) in [6.07, 6.45) is 3.37. The molecule has 3 aromatic rings. The highest BCUT2D eigenvalue weighted by Crippen LogP contribution is 2.22. The molecular formula is C19H22N6O2. The number of hydrogen-bond acceptors (Lipinski definition) is 6. The topological polar surface area (TPSA) is 96.9 Å². The van der Waals surface area contributed by atoms with Crippen molar-refractivity contribution >= 4 is 16.9 Å². The van der Waals surface area contributed by atoms with Crippen LogP contribution in [0.3, 0.4) is 0 Å². The minimum atomic E-state index is 0.0431. The van der Waals surface area contributed by atoms with Gasteiger partial charge in [-0.3, -0.25) is 4.79 Å². The van der Waals surface area contributed by atoms with Crippen LogP contribution in [0.5, 0.6) is 5.88 Å². The highest BCUT2D eigenvalue weighted by atomic mass is 16.5. The average Bonchev–Trinajstić information content (AvgIpc) is 3.17. The van der Waals surface area contributed by atoms with Gasteiger partial charge >= 0.3 is 0 Å². The number of benzene rings is 1. The second-order valence-electron chi connectivity index (χ2n) is 6.96. The fraction of sp³-hybridized carbons (Fsp3) is 0.421. The number of H-pyrrole nitrogens is 1. The maximum atomic E-state index is 12.8. The number of hydrogen-bond donors (Lipinski definition) is 1. The first-order chi connectivity index (χ1) is 13.1. The van der Waals surface area contributed by atoms with E-state index in [0.717, 1.165) is 42.7 Å². The molecule has 1 aliphatic heterocycles. The number of aromatic amines is 1. The highest BCUT2D eigenvalue weighted by Gasteiger charge is 2.24. The summed E-state index contributed by atoms with van der Waals surface area (Å²) in [6, 6.07) is 5.41. The molecule has 1 aromatic carbocycles. The van der Waals surface area contributed by atoms with E-state index in [9.17, 15) is 4.79 Å². The Balaban J connectivity index is 1.33. The van der Waals surface area contributed by atoms with Crippen molar-refractivity contribution in [2.45, 2.75) is 26.7 Å². The van der Waals surface area contributed by atoms with Gasteiger partial charge in [-0.25, -0.2) is 9.97 Å². The third-order valence-electron chi connectivity index (χ3n) is 5.21.